The Labute approximate surface area is 138 Å². The molecule has 0 saturated carbocycles. The topological polar surface area (TPSA) is 40.5 Å². The van der Waals surface area contributed by atoms with Crippen LogP contribution in [0.1, 0.15) is 78.1 Å². The molecular weight excluding hydrogens is 272 g/mol. The van der Waals surface area contributed by atoms with Crippen molar-refractivity contribution >= 4 is 0 Å². The quantitative estimate of drug-likeness (QED) is 0.265. The van der Waals surface area contributed by atoms with Crippen molar-refractivity contribution in [2.75, 3.05) is 13.2 Å². The molecule has 0 fully saturated rings. The first-order valence-electron chi connectivity index (χ1n) is 8.97. The normalized spacial score (nSPS) is 11.5. The van der Waals surface area contributed by atoms with Gasteiger partial charge in [-0.05, 0) is 58.3 Å². The minimum Gasteiger partial charge on any atom is -0.396 e. The van der Waals surface area contributed by atoms with Gasteiger partial charge in [0.1, 0.15) is 0 Å². The lowest BCUT2D eigenvalue weighted by Crippen LogP contribution is -1.79. The molecule has 0 aliphatic carbocycles. The lowest BCUT2D eigenvalue weighted by atomic mass is 10.2. The van der Waals surface area contributed by atoms with Gasteiger partial charge in [-0.25, -0.2) is 0 Å². The second-order valence-electron chi connectivity index (χ2n) is 5.36. The van der Waals surface area contributed by atoms with Gasteiger partial charge in [-0.2, -0.15) is 0 Å². The zero-order valence-corrected chi connectivity index (χ0v) is 14.8. The Bertz CT molecular complexity index is 236. The summed E-state index contributed by atoms with van der Waals surface area (Å²) in [6.07, 6.45) is 24.2. The van der Waals surface area contributed by atoms with E-state index in [0.29, 0.717) is 13.2 Å². The molecule has 0 heterocycles. The Hall–Kier alpha value is -0.860. The van der Waals surface area contributed by atoms with Crippen LogP contribution >= 0.6 is 0 Å². The highest BCUT2D eigenvalue weighted by Crippen LogP contribution is 2.00. The Kier molecular flexibility index (Phi) is 26.7. The van der Waals surface area contributed by atoms with Crippen LogP contribution in [0.3, 0.4) is 0 Å². The minimum absolute atomic E-state index is 0.320. The number of unbranched alkanes of at least 4 members (excludes halogenated alkanes) is 7. The first kappa shape index (κ1) is 23.4. The fourth-order valence-corrected chi connectivity index (χ4v) is 1.78. The van der Waals surface area contributed by atoms with E-state index in [0.717, 1.165) is 38.5 Å². The van der Waals surface area contributed by atoms with Gasteiger partial charge in [0.05, 0.1) is 0 Å². The maximum Gasteiger partial charge on any atom is 0.0431 e. The minimum atomic E-state index is 0.320. The van der Waals surface area contributed by atoms with Crippen LogP contribution in [0.5, 0.6) is 0 Å². The van der Waals surface area contributed by atoms with E-state index in [1.807, 2.05) is 13.0 Å². The van der Waals surface area contributed by atoms with E-state index in [-0.39, 0.29) is 0 Å². The fourth-order valence-electron chi connectivity index (χ4n) is 1.78. The van der Waals surface area contributed by atoms with Crippen LogP contribution in [0.15, 0.2) is 36.5 Å². The summed E-state index contributed by atoms with van der Waals surface area (Å²) >= 11 is 0. The molecule has 0 aliphatic heterocycles. The molecule has 0 aliphatic rings. The summed E-state index contributed by atoms with van der Waals surface area (Å²) in [5.41, 5.74) is 0. The van der Waals surface area contributed by atoms with Gasteiger partial charge in [-0.3, -0.25) is 0 Å². The SMILES string of the molecule is C/C=C\CCCCO.CCCCC/C=C\C=C/CCCCO. The molecule has 0 bridgehead atoms. The van der Waals surface area contributed by atoms with Crippen molar-refractivity contribution in [1.29, 1.82) is 0 Å². The van der Waals surface area contributed by atoms with E-state index >= 15 is 0 Å². The number of aliphatic hydroxyl groups is 2. The second kappa shape index (κ2) is 25.1. The average Bonchev–Trinajstić information content (AvgIpc) is 2.54. The Morgan fingerprint density at radius 2 is 1.09 bits per heavy atom. The number of aliphatic hydroxyl groups excluding tert-OH is 2. The van der Waals surface area contributed by atoms with E-state index in [1.54, 1.807) is 0 Å². The first-order chi connectivity index (χ1) is 10.8. The molecule has 0 aromatic rings. The van der Waals surface area contributed by atoms with Crippen molar-refractivity contribution in [3.63, 3.8) is 0 Å². The molecule has 0 amide bonds. The highest BCUT2D eigenvalue weighted by molar-refractivity contribution is 5.02. The third kappa shape index (κ3) is 27.5. The van der Waals surface area contributed by atoms with Crippen molar-refractivity contribution in [3.05, 3.63) is 36.5 Å². The Morgan fingerprint density at radius 3 is 1.50 bits per heavy atom. The van der Waals surface area contributed by atoms with Crippen molar-refractivity contribution < 1.29 is 10.2 Å². The summed E-state index contributed by atoms with van der Waals surface area (Å²) in [5.74, 6) is 0. The van der Waals surface area contributed by atoms with Crippen LogP contribution in [0.2, 0.25) is 0 Å². The summed E-state index contributed by atoms with van der Waals surface area (Å²) in [4.78, 5) is 0. The molecule has 0 unspecified atom stereocenters. The van der Waals surface area contributed by atoms with Crippen molar-refractivity contribution in [3.8, 4) is 0 Å². The average molecular weight is 311 g/mol. The van der Waals surface area contributed by atoms with Gasteiger partial charge in [0.15, 0.2) is 0 Å². The van der Waals surface area contributed by atoms with E-state index in [9.17, 15) is 0 Å². The molecule has 130 valence electrons. The molecular formula is C20H38O2. The van der Waals surface area contributed by atoms with Crippen molar-refractivity contribution in [1.82, 2.24) is 0 Å². The van der Waals surface area contributed by atoms with Gasteiger partial charge in [-0.15, -0.1) is 0 Å². The second-order valence-corrected chi connectivity index (χ2v) is 5.36. The monoisotopic (exact) mass is 310 g/mol. The lowest BCUT2D eigenvalue weighted by Gasteiger charge is -1.91. The zero-order valence-electron chi connectivity index (χ0n) is 14.8. The Morgan fingerprint density at radius 1 is 0.636 bits per heavy atom. The summed E-state index contributed by atoms with van der Waals surface area (Å²) in [7, 11) is 0. The lowest BCUT2D eigenvalue weighted by molar-refractivity contribution is 0.285. The number of hydrogen-bond acceptors (Lipinski definition) is 2. The molecule has 0 rings (SSSR count). The van der Waals surface area contributed by atoms with E-state index in [2.05, 4.69) is 37.3 Å². The van der Waals surface area contributed by atoms with Crippen LogP contribution in [0, 0.1) is 0 Å². The van der Waals surface area contributed by atoms with Gasteiger partial charge >= 0.3 is 0 Å². The summed E-state index contributed by atoms with van der Waals surface area (Å²) in [6.45, 7) is 4.89. The third-order valence-corrected chi connectivity index (χ3v) is 3.15. The van der Waals surface area contributed by atoms with E-state index in [1.165, 1.54) is 25.7 Å². The summed E-state index contributed by atoms with van der Waals surface area (Å²) in [5, 5.41) is 16.9. The van der Waals surface area contributed by atoms with Crippen LogP contribution in [-0.2, 0) is 0 Å². The van der Waals surface area contributed by atoms with Gasteiger partial charge < -0.3 is 10.2 Å². The van der Waals surface area contributed by atoms with Crippen LogP contribution < -0.4 is 0 Å². The van der Waals surface area contributed by atoms with Gasteiger partial charge in [-0.1, -0.05) is 56.2 Å². The molecule has 0 atom stereocenters. The molecule has 0 saturated heterocycles. The van der Waals surface area contributed by atoms with Crippen molar-refractivity contribution in [2.45, 2.75) is 78.1 Å². The summed E-state index contributed by atoms with van der Waals surface area (Å²) < 4.78 is 0. The van der Waals surface area contributed by atoms with Gasteiger partial charge in [0, 0.05) is 13.2 Å². The molecule has 2 heteroatoms. The molecule has 2 N–H and O–H groups in total. The third-order valence-electron chi connectivity index (χ3n) is 3.15. The van der Waals surface area contributed by atoms with Gasteiger partial charge in [0.2, 0.25) is 0 Å². The Balaban J connectivity index is 0. The van der Waals surface area contributed by atoms with Crippen LogP contribution in [-0.4, -0.2) is 23.4 Å². The maximum atomic E-state index is 8.55. The predicted molar refractivity (Wildman–Crippen MR) is 99.1 cm³/mol. The number of allylic oxidation sites excluding steroid dienone is 6. The highest BCUT2D eigenvalue weighted by atomic mass is 16.3. The standard InChI is InChI=1S/C13H24O.C7H14O/c1-2-3-4-5-6-7-8-9-10-11-12-13-14;1-2-3-4-5-6-7-8/h6-9,14H,2-5,10-13H2,1H3;2-3,8H,4-7H2,1H3/b7-6-,9-8-;3-2-. The van der Waals surface area contributed by atoms with Crippen LogP contribution in [0.4, 0.5) is 0 Å². The number of rotatable bonds is 13. The smallest absolute Gasteiger partial charge is 0.0431 e. The highest BCUT2D eigenvalue weighted by Gasteiger charge is 1.82. The zero-order chi connectivity index (χ0) is 16.7. The van der Waals surface area contributed by atoms with Crippen molar-refractivity contribution in [2.24, 2.45) is 0 Å². The number of hydrogen-bond donors (Lipinski definition) is 2. The summed E-state index contributed by atoms with van der Waals surface area (Å²) in [6, 6.07) is 0. The molecule has 0 spiro atoms. The fraction of sp³-hybridized carbons (Fsp3) is 0.700. The van der Waals surface area contributed by atoms with E-state index in [4.69, 9.17) is 10.2 Å². The van der Waals surface area contributed by atoms with Gasteiger partial charge in [0.25, 0.3) is 0 Å². The predicted octanol–water partition coefficient (Wildman–Crippen LogP) is 5.57. The molecule has 22 heavy (non-hydrogen) atoms. The molecule has 2 nitrogen and oxygen atoms in total. The first-order valence-corrected chi connectivity index (χ1v) is 8.97. The van der Waals surface area contributed by atoms with Crippen LogP contribution in [0.25, 0.3) is 0 Å². The molecule has 0 radical (unpaired) electrons. The largest absolute Gasteiger partial charge is 0.396 e. The molecule has 0 aromatic carbocycles. The van der Waals surface area contributed by atoms with E-state index < -0.39 is 0 Å². The molecule has 0 aromatic heterocycles. The maximum absolute atomic E-state index is 8.55.